The molecule has 3 N–H and O–H groups in total. The molecule has 0 saturated carbocycles. The maximum absolute atomic E-state index is 12.7. The first kappa shape index (κ1) is 16.9. The van der Waals surface area contributed by atoms with E-state index >= 15 is 0 Å². The van der Waals surface area contributed by atoms with E-state index in [0.717, 1.165) is 12.0 Å². The molecule has 114 valence electrons. The van der Waals surface area contributed by atoms with Crippen molar-refractivity contribution in [3.63, 3.8) is 0 Å². The van der Waals surface area contributed by atoms with Gasteiger partial charge in [-0.3, -0.25) is 0 Å². The van der Waals surface area contributed by atoms with Crippen LogP contribution in [0.4, 0.5) is 5.69 Å². The third kappa shape index (κ3) is 3.31. The lowest BCUT2D eigenvalue weighted by Gasteiger charge is -2.22. The number of aryl methyl sites for hydroxylation is 1. The van der Waals surface area contributed by atoms with Crippen LogP contribution in [0.15, 0.2) is 17.0 Å². The molecule has 0 bridgehead atoms. The SMILES string of the molecule is CCc1cc(N)c(CC)c(S(=O)(=O)N(CC)CCO)c1. The van der Waals surface area contributed by atoms with Gasteiger partial charge in [0.05, 0.1) is 11.5 Å². The largest absolute Gasteiger partial charge is 0.398 e. The van der Waals surface area contributed by atoms with Crippen molar-refractivity contribution in [3.05, 3.63) is 23.3 Å². The zero-order chi connectivity index (χ0) is 15.3. The normalized spacial score (nSPS) is 12.1. The molecular weight excluding hydrogens is 276 g/mol. The Hall–Kier alpha value is -1.11. The zero-order valence-electron chi connectivity index (χ0n) is 12.4. The lowest BCUT2D eigenvalue weighted by Crippen LogP contribution is -2.34. The average Bonchev–Trinajstić information content (AvgIpc) is 2.43. The van der Waals surface area contributed by atoms with Gasteiger partial charge >= 0.3 is 0 Å². The molecule has 1 aromatic rings. The third-order valence-electron chi connectivity index (χ3n) is 3.39. The number of likely N-dealkylation sites (N-methyl/N-ethyl adjacent to an activating group) is 1. The number of hydrogen-bond acceptors (Lipinski definition) is 4. The molecule has 0 amide bonds. The maximum Gasteiger partial charge on any atom is 0.243 e. The summed E-state index contributed by atoms with van der Waals surface area (Å²) in [7, 11) is -3.62. The first-order valence-corrected chi connectivity index (χ1v) is 8.38. The van der Waals surface area contributed by atoms with Gasteiger partial charge in [0.2, 0.25) is 10.0 Å². The molecular formula is C14H24N2O3S. The lowest BCUT2D eigenvalue weighted by molar-refractivity contribution is 0.257. The Labute approximate surface area is 121 Å². The Bertz CT molecular complexity index is 556. The monoisotopic (exact) mass is 300 g/mol. The number of aliphatic hydroxyl groups is 1. The molecule has 0 fully saturated rings. The molecule has 0 atom stereocenters. The Morgan fingerprint density at radius 1 is 1.20 bits per heavy atom. The molecule has 6 heteroatoms. The number of aliphatic hydroxyl groups excluding tert-OH is 1. The minimum Gasteiger partial charge on any atom is -0.398 e. The zero-order valence-corrected chi connectivity index (χ0v) is 13.2. The highest BCUT2D eigenvalue weighted by Gasteiger charge is 2.26. The number of anilines is 1. The fourth-order valence-electron chi connectivity index (χ4n) is 2.24. The maximum atomic E-state index is 12.7. The average molecular weight is 300 g/mol. The van der Waals surface area contributed by atoms with Crippen LogP contribution in [0.3, 0.4) is 0 Å². The smallest absolute Gasteiger partial charge is 0.243 e. The topological polar surface area (TPSA) is 83.6 Å². The highest BCUT2D eigenvalue weighted by molar-refractivity contribution is 7.89. The second kappa shape index (κ2) is 7.06. The number of hydrogen-bond donors (Lipinski definition) is 2. The molecule has 20 heavy (non-hydrogen) atoms. The van der Waals surface area contributed by atoms with Gasteiger partial charge in [-0.15, -0.1) is 0 Å². The van der Waals surface area contributed by atoms with Gasteiger partial charge in [-0.05, 0) is 36.1 Å². The van der Waals surface area contributed by atoms with Crippen molar-refractivity contribution in [2.24, 2.45) is 0 Å². The van der Waals surface area contributed by atoms with E-state index in [0.29, 0.717) is 24.2 Å². The van der Waals surface area contributed by atoms with Crippen LogP contribution in [0, 0.1) is 0 Å². The van der Waals surface area contributed by atoms with Crippen molar-refractivity contribution >= 4 is 15.7 Å². The number of sulfonamides is 1. The van der Waals surface area contributed by atoms with Crippen molar-refractivity contribution in [2.75, 3.05) is 25.4 Å². The molecule has 0 aliphatic rings. The second-order valence-electron chi connectivity index (χ2n) is 4.59. The third-order valence-corrected chi connectivity index (χ3v) is 5.43. The molecule has 1 rings (SSSR count). The first-order valence-electron chi connectivity index (χ1n) is 6.94. The Kier molecular flexibility index (Phi) is 5.98. The summed E-state index contributed by atoms with van der Waals surface area (Å²) in [5.41, 5.74) is 8.06. The van der Waals surface area contributed by atoms with Crippen LogP contribution in [0.5, 0.6) is 0 Å². The van der Waals surface area contributed by atoms with E-state index in [2.05, 4.69) is 0 Å². The molecule has 0 aliphatic carbocycles. The van der Waals surface area contributed by atoms with E-state index in [1.54, 1.807) is 13.0 Å². The van der Waals surface area contributed by atoms with E-state index in [9.17, 15) is 8.42 Å². The van der Waals surface area contributed by atoms with Crippen molar-refractivity contribution in [3.8, 4) is 0 Å². The predicted molar refractivity (Wildman–Crippen MR) is 81.1 cm³/mol. The molecule has 0 spiro atoms. The standard InChI is InChI=1S/C14H24N2O3S/c1-4-11-9-13(15)12(5-2)14(10-11)20(18,19)16(6-3)7-8-17/h9-10,17H,4-8,15H2,1-3H3. The van der Waals surface area contributed by atoms with Crippen LogP contribution >= 0.6 is 0 Å². The van der Waals surface area contributed by atoms with E-state index in [1.165, 1.54) is 4.31 Å². The molecule has 5 nitrogen and oxygen atoms in total. The quantitative estimate of drug-likeness (QED) is 0.746. The summed E-state index contributed by atoms with van der Waals surface area (Å²) in [5, 5.41) is 9.03. The van der Waals surface area contributed by atoms with E-state index < -0.39 is 10.0 Å². The number of nitrogens with zero attached hydrogens (tertiary/aromatic N) is 1. The lowest BCUT2D eigenvalue weighted by atomic mass is 10.1. The van der Waals surface area contributed by atoms with Crippen LogP contribution in [-0.2, 0) is 22.9 Å². The van der Waals surface area contributed by atoms with Crippen molar-refractivity contribution in [1.82, 2.24) is 4.31 Å². The summed E-state index contributed by atoms with van der Waals surface area (Å²) >= 11 is 0. The summed E-state index contributed by atoms with van der Waals surface area (Å²) < 4.78 is 26.7. The van der Waals surface area contributed by atoms with E-state index in [-0.39, 0.29) is 18.0 Å². The van der Waals surface area contributed by atoms with Gasteiger partial charge in [-0.2, -0.15) is 4.31 Å². The van der Waals surface area contributed by atoms with Crippen molar-refractivity contribution in [1.29, 1.82) is 0 Å². The molecule has 0 aromatic heterocycles. The summed E-state index contributed by atoms with van der Waals surface area (Å²) in [5.74, 6) is 0. The Morgan fingerprint density at radius 3 is 2.30 bits per heavy atom. The van der Waals surface area contributed by atoms with Gasteiger partial charge in [0.15, 0.2) is 0 Å². The van der Waals surface area contributed by atoms with E-state index in [1.807, 2.05) is 19.9 Å². The minimum absolute atomic E-state index is 0.0955. The van der Waals surface area contributed by atoms with Crippen LogP contribution in [0.25, 0.3) is 0 Å². The second-order valence-corrected chi connectivity index (χ2v) is 6.50. The highest BCUT2D eigenvalue weighted by Crippen LogP contribution is 2.27. The number of nitrogen functional groups attached to an aromatic ring is 1. The number of nitrogens with two attached hydrogens (primary N) is 1. The molecule has 0 unspecified atom stereocenters. The van der Waals surface area contributed by atoms with Gasteiger partial charge in [0.1, 0.15) is 0 Å². The number of rotatable bonds is 7. The summed E-state index contributed by atoms with van der Waals surface area (Å²) in [6, 6.07) is 3.53. The minimum atomic E-state index is -3.62. The van der Waals surface area contributed by atoms with Gasteiger partial charge in [0.25, 0.3) is 0 Å². The molecule has 0 saturated heterocycles. The summed E-state index contributed by atoms with van der Waals surface area (Å²) in [6.07, 6.45) is 1.28. The first-order chi connectivity index (χ1) is 9.42. The van der Waals surface area contributed by atoms with Gasteiger partial charge in [-0.25, -0.2) is 8.42 Å². The van der Waals surface area contributed by atoms with E-state index in [4.69, 9.17) is 10.8 Å². The predicted octanol–water partition coefficient (Wildman–Crippen LogP) is 1.40. The molecule has 1 aromatic carbocycles. The van der Waals surface area contributed by atoms with Crippen LogP contribution in [0.2, 0.25) is 0 Å². The fourth-order valence-corrected chi connectivity index (χ4v) is 4.05. The van der Waals surface area contributed by atoms with Crippen molar-refractivity contribution < 1.29 is 13.5 Å². The summed E-state index contributed by atoms with van der Waals surface area (Å²) in [6.45, 7) is 5.82. The summed E-state index contributed by atoms with van der Waals surface area (Å²) in [4.78, 5) is 0.271. The van der Waals surface area contributed by atoms with Gasteiger partial charge in [0, 0.05) is 18.8 Å². The highest BCUT2D eigenvalue weighted by atomic mass is 32.2. The van der Waals surface area contributed by atoms with Gasteiger partial charge in [-0.1, -0.05) is 20.8 Å². The molecule has 0 heterocycles. The van der Waals surface area contributed by atoms with Gasteiger partial charge < -0.3 is 10.8 Å². The van der Waals surface area contributed by atoms with Crippen LogP contribution < -0.4 is 5.73 Å². The van der Waals surface area contributed by atoms with Crippen molar-refractivity contribution in [2.45, 2.75) is 38.5 Å². The fraction of sp³-hybridized carbons (Fsp3) is 0.571. The Morgan fingerprint density at radius 2 is 1.85 bits per heavy atom. The van der Waals surface area contributed by atoms with Crippen LogP contribution in [-0.4, -0.2) is 37.5 Å². The Balaban J connectivity index is 3.46. The molecule has 0 aliphatic heterocycles. The van der Waals surface area contributed by atoms with Crippen LogP contribution in [0.1, 0.15) is 31.9 Å². The molecule has 0 radical (unpaired) electrons. The number of benzene rings is 1.